The smallest absolute Gasteiger partial charge is 0.344 e. The maximum Gasteiger partial charge on any atom is 0.416 e. The maximum absolute atomic E-state index is 13.0. The third kappa shape index (κ3) is 5.56. The van der Waals surface area contributed by atoms with Crippen molar-refractivity contribution in [3.8, 4) is 22.5 Å². The van der Waals surface area contributed by atoms with E-state index in [0.717, 1.165) is 28.8 Å². The van der Waals surface area contributed by atoms with Gasteiger partial charge in [-0.2, -0.15) is 13.2 Å². The van der Waals surface area contributed by atoms with Crippen molar-refractivity contribution >= 4 is 28.5 Å². The predicted molar refractivity (Wildman–Crippen MR) is 133 cm³/mol. The Morgan fingerprint density at radius 3 is 2.03 bits per heavy atom. The number of carbonyl (C=O) groups is 2. The molecule has 0 saturated heterocycles. The molecule has 3 N–H and O–H groups in total. The Morgan fingerprint density at radius 1 is 0.889 bits per heavy atom. The lowest BCUT2D eigenvalue weighted by molar-refractivity contribution is -0.137. The van der Waals surface area contributed by atoms with Crippen molar-refractivity contribution in [2.24, 2.45) is 5.92 Å². The second-order valence-corrected chi connectivity index (χ2v) is 8.88. The van der Waals surface area contributed by atoms with Gasteiger partial charge in [0, 0.05) is 18.2 Å². The molecule has 1 heterocycles. The molecule has 0 bridgehead atoms. The lowest BCUT2D eigenvalue weighted by Gasteiger charge is -2.21. The summed E-state index contributed by atoms with van der Waals surface area (Å²) in [5.41, 5.74) is 3.24. The molecule has 36 heavy (non-hydrogen) atoms. The highest BCUT2D eigenvalue weighted by Crippen LogP contribution is 2.32. The summed E-state index contributed by atoms with van der Waals surface area (Å²) in [4.78, 5) is 31.3. The number of imidazole rings is 1. The number of halogens is 3. The molecule has 186 valence electrons. The SMILES string of the molecule is CC(=O)N[C@H](C(=O)Nc1ccc(-c2ccc(-c3nc4ccc(C(F)(F)F)cc4[nH]3)cc2)cc1)C(C)C. The van der Waals surface area contributed by atoms with E-state index in [0.29, 0.717) is 22.5 Å². The van der Waals surface area contributed by atoms with E-state index in [4.69, 9.17) is 0 Å². The molecule has 0 aliphatic heterocycles. The number of benzene rings is 3. The van der Waals surface area contributed by atoms with Gasteiger partial charge in [0.2, 0.25) is 11.8 Å². The summed E-state index contributed by atoms with van der Waals surface area (Å²) in [7, 11) is 0. The van der Waals surface area contributed by atoms with Gasteiger partial charge in [-0.15, -0.1) is 0 Å². The Balaban J connectivity index is 1.48. The van der Waals surface area contributed by atoms with Gasteiger partial charge in [-0.1, -0.05) is 50.2 Å². The Labute approximate surface area is 205 Å². The first-order valence-corrected chi connectivity index (χ1v) is 11.4. The van der Waals surface area contributed by atoms with Crippen LogP contribution in [-0.4, -0.2) is 27.8 Å². The van der Waals surface area contributed by atoms with Gasteiger partial charge >= 0.3 is 6.18 Å². The number of nitrogens with one attached hydrogen (secondary N) is 3. The van der Waals surface area contributed by atoms with Crippen LogP contribution in [0, 0.1) is 5.92 Å². The molecule has 1 aromatic heterocycles. The van der Waals surface area contributed by atoms with Gasteiger partial charge in [-0.05, 0) is 47.4 Å². The number of aromatic amines is 1. The lowest BCUT2D eigenvalue weighted by Crippen LogP contribution is -2.46. The van der Waals surface area contributed by atoms with Gasteiger partial charge in [0.25, 0.3) is 0 Å². The molecule has 0 saturated carbocycles. The van der Waals surface area contributed by atoms with E-state index >= 15 is 0 Å². The molecule has 2 amide bonds. The van der Waals surface area contributed by atoms with Crippen molar-refractivity contribution < 1.29 is 22.8 Å². The summed E-state index contributed by atoms with van der Waals surface area (Å²) < 4.78 is 38.9. The second kappa shape index (κ2) is 9.85. The molecule has 4 rings (SSSR count). The van der Waals surface area contributed by atoms with Gasteiger partial charge in [-0.25, -0.2) is 4.98 Å². The number of carbonyl (C=O) groups excluding carboxylic acids is 2. The molecular weight excluding hydrogens is 469 g/mol. The summed E-state index contributed by atoms with van der Waals surface area (Å²) in [6.45, 7) is 5.09. The molecule has 0 fully saturated rings. The molecule has 6 nitrogen and oxygen atoms in total. The van der Waals surface area contributed by atoms with Crippen molar-refractivity contribution in [1.82, 2.24) is 15.3 Å². The molecular formula is C27H25F3N4O2. The Bertz CT molecular complexity index is 1390. The van der Waals surface area contributed by atoms with Crippen LogP contribution in [0.2, 0.25) is 0 Å². The fourth-order valence-corrected chi connectivity index (χ4v) is 3.86. The van der Waals surface area contributed by atoms with Gasteiger partial charge in [0.15, 0.2) is 0 Å². The zero-order chi connectivity index (χ0) is 26.0. The van der Waals surface area contributed by atoms with E-state index in [2.05, 4.69) is 20.6 Å². The van der Waals surface area contributed by atoms with E-state index in [1.807, 2.05) is 50.2 Å². The normalized spacial score (nSPS) is 12.5. The lowest BCUT2D eigenvalue weighted by atomic mass is 10.0. The Morgan fingerprint density at radius 2 is 1.47 bits per heavy atom. The van der Waals surface area contributed by atoms with E-state index in [1.54, 1.807) is 12.1 Å². The number of hydrogen-bond acceptors (Lipinski definition) is 3. The van der Waals surface area contributed by atoms with Crippen molar-refractivity contribution in [1.29, 1.82) is 0 Å². The van der Waals surface area contributed by atoms with Crippen LogP contribution in [0.1, 0.15) is 26.3 Å². The second-order valence-electron chi connectivity index (χ2n) is 8.88. The average molecular weight is 495 g/mol. The molecule has 4 aromatic rings. The third-order valence-electron chi connectivity index (χ3n) is 5.76. The van der Waals surface area contributed by atoms with Crippen LogP contribution in [0.3, 0.4) is 0 Å². The maximum atomic E-state index is 13.0. The molecule has 0 unspecified atom stereocenters. The number of nitrogens with zero attached hydrogens (tertiary/aromatic N) is 1. The summed E-state index contributed by atoms with van der Waals surface area (Å²) >= 11 is 0. The highest BCUT2D eigenvalue weighted by Gasteiger charge is 2.30. The first-order valence-electron chi connectivity index (χ1n) is 11.4. The van der Waals surface area contributed by atoms with E-state index in [9.17, 15) is 22.8 Å². The standard InChI is InChI=1S/C27H25F3N4O2/c1-15(2)24(31-16(3)35)26(36)32-21-11-8-18(9-12-21)17-4-6-19(7-5-17)25-33-22-13-10-20(27(28,29)30)14-23(22)34-25/h4-15,24H,1-3H3,(H,31,35)(H,32,36)(H,33,34)/t24-/m0/s1. The number of fused-ring (bicyclic) bond motifs is 1. The molecule has 0 radical (unpaired) electrons. The number of amides is 2. The van der Waals surface area contributed by atoms with Crippen LogP contribution in [0.4, 0.5) is 18.9 Å². The molecule has 0 spiro atoms. The average Bonchev–Trinajstić information content (AvgIpc) is 3.26. The zero-order valence-corrected chi connectivity index (χ0v) is 19.9. The summed E-state index contributed by atoms with van der Waals surface area (Å²) in [5.74, 6) is -0.139. The fourth-order valence-electron chi connectivity index (χ4n) is 3.86. The van der Waals surface area contributed by atoms with Gasteiger partial charge < -0.3 is 15.6 Å². The molecule has 0 aliphatic rings. The van der Waals surface area contributed by atoms with Crippen molar-refractivity contribution in [2.45, 2.75) is 33.0 Å². The van der Waals surface area contributed by atoms with Crippen LogP contribution in [-0.2, 0) is 15.8 Å². The topological polar surface area (TPSA) is 86.9 Å². The fraction of sp³-hybridized carbons (Fsp3) is 0.222. The Kier molecular flexibility index (Phi) is 6.83. The van der Waals surface area contributed by atoms with Crippen molar-refractivity contribution in [3.63, 3.8) is 0 Å². The minimum atomic E-state index is -4.42. The number of H-pyrrole nitrogens is 1. The highest BCUT2D eigenvalue weighted by molar-refractivity contribution is 5.97. The minimum Gasteiger partial charge on any atom is -0.344 e. The summed E-state index contributed by atoms with van der Waals surface area (Å²) in [6.07, 6.45) is -4.42. The van der Waals surface area contributed by atoms with E-state index < -0.39 is 17.8 Å². The number of rotatable bonds is 6. The molecule has 3 aromatic carbocycles. The van der Waals surface area contributed by atoms with Gasteiger partial charge in [0.05, 0.1) is 16.6 Å². The molecule has 1 atom stereocenters. The number of alkyl halides is 3. The zero-order valence-electron chi connectivity index (χ0n) is 19.9. The number of hydrogen-bond donors (Lipinski definition) is 3. The summed E-state index contributed by atoms with van der Waals surface area (Å²) in [6, 6.07) is 17.6. The van der Waals surface area contributed by atoms with Crippen molar-refractivity contribution in [2.75, 3.05) is 5.32 Å². The van der Waals surface area contributed by atoms with Gasteiger partial charge in [-0.3, -0.25) is 9.59 Å². The van der Waals surface area contributed by atoms with E-state index in [-0.39, 0.29) is 17.7 Å². The number of anilines is 1. The largest absolute Gasteiger partial charge is 0.416 e. The quantitative estimate of drug-likeness (QED) is 0.307. The molecule has 9 heteroatoms. The number of aromatic nitrogens is 2. The van der Waals surface area contributed by atoms with Crippen LogP contribution < -0.4 is 10.6 Å². The third-order valence-corrected chi connectivity index (χ3v) is 5.76. The summed E-state index contributed by atoms with van der Waals surface area (Å²) in [5, 5.41) is 5.49. The minimum absolute atomic E-state index is 0.0647. The first-order chi connectivity index (χ1) is 17.0. The van der Waals surface area contributed by atoms with E-state index in [1.165, 1.54) is 13.0 Å². The predicted octanol–water partition coefficient (Wildman–Crippen LogP) is 6.01. The van der Waals surface area contributed by atoms with Crippen LogP contribution in [0.5, 0.6) is 0 Å². The van der Waals surface area contributed by atoms with Crippen LogP contribution in [0.25, 0.3) is 33.5 Å². The van der Waals surface area contributed by atoms with Crippen LogP contribution >= 0.6 is 0 Å². The molecule has 0 aliphatic carbocycles. The monoisotopic (exact) mass is 494 g/mol. The first kappa shape index (κ1) is 25.0. The van der Waals surface area contributed by atoms with Gasteiger partial charge in [0.1, 0.15) is 11.9 Å². The highest BCUT2D eigenvalue weighted by atomic mass is 19.4. The van der Waals surface area contributed by atoms with Crippen molar-refractivity contribution in [3.05, 3.63) is 72.3 Å². The Hall–Kier alpha value is -4.14. The van der Waals surface area contributed by atoms with Crippen LogP contribution in [0.15, 0.2) is 66.7 Å².